The molecule has 1 amide bonds. The second-order valence-electron chi connectivity index (χ2n) is 5.69. The molecular weight excluding hydrogens is 228 g/mol. The van der Waals surface area contributed by atoms with E-state index in [9.17, 15) is 4.79 Å². The fourth-order valence-corrected chi connectivity index (χ4v) is 2.51. The standard InChI is InChI=1S/C14H28N2O2/c1-10(5-4-6-11(2)15)14(17)16-12-7-8-13(9-12)18-3/h10-13H,4-9,15H2,1-3H3,(H,16,17). The maximum atomic E-state index is 12.0. The average molecular weight is 256 g/mol. The first kappa shape index (κ1) is 15.4. The third-order valence-electron chi connectivity index (χ3n) is 3.81. The summed E-state index contributed by atoms with van der Waals surface area (Å²) in [7, 11) is 1.74. The Morgan fingerprint density at radius 2 is 2.11 bits per heavy atom. The van der Waals surface area contributed by atoms with Gasteiger partial charge in [0.1, 0.15) is 0 Å². The van der Waals surface area contributed by atoms with E-state index in [0.29, 0.717) is 12.1 Å². The normalized spacial score (nSPS) is 26.9. The van der Waals surface area contributed by atoms with Gasteiger partial charge in [0, 0.05) is 25.1 Å². The number of nitrogens with one attached hydrogen (secondary N) is 1. The molecule has 0 aliphatic heterocycles. The van der Waals surface area contributed by atoms with Crippen molar-refractivity contribution < 1.29 is 9.53 Å². The predicted molar refractivity (Wildman–Crippen MR) is 73.2 cm³/mol. The fourth-order valence-electron chi connectivity index (χ4n) is 2.51. The molecule has 4 atom stereocenters. The molecule has 3 N–H and O–H groups in total. The molecular formula is C14H28N2O2. The number of rotatable bonds is 7. The SMILES string of the molecule is COC1CCC(NC(=O)C(C)CCCC(C)N)C1. The van der Waals surface area contributed by atoms with Gasteiger partial charge in [0.2, 0.25) is 5.91 Å². The van der Waals surface area contributed by atoms with Gasteiger partial charge in [0.15, 0.2) is 0 Å². The first-order valence-electron chi connectivity index (χ1n) is 7.11. The van der Waals surface area contributed by atoms with Crippen molar-refractivity contribution in [2.45, 2.75) is 70.6 Å². The number of nitrogens with two attached hydrogens (primary N) is 1. The van der Waals surface area contributed by atoms with Crippen molar-refractivity contribution in [3.63, 3.8) is 0 Å². The number of hydrogen-bond acceptors (Lipinski definition) is 3. The molecule has 0 spiro atoms. The molecule has 106 valence electrons. The van der Waals surface area contributed by atoms with E-state index >= 15 is 0 Å². The molecule has 0 heterocycles. The van der Waals surface area contributed by atoms with Crippen LogP contribution in [0.1, 0.15) is 52.4 Å². The molecule has 1 rings (SSSR count). The van der Waals surface area contributed by atoms with Gasteiger partial charge in [-0.05, 0) is 39.0 Å². The highest BCUT2D eigenvalue weighted by Gasteiger charge is 2.26. The topological polar surface area (TPSA) is 64.3 Å². The second kappa shape index (κ2) is 7.74. The molecule has 1 fully saturated rings. The Labute approximate surface area is 111 Å². The van der Waals surface area contributed by atoms with Crippen LogP contribution >= 0.6 is 0 Å². The Hall–Kier alpha value is -0.610. The smallest absolute Gasteiger partial charge is 0.223 e. The van der Waals surface area contributed by atoms with Crippen LogP contribution in [0.3, 0.4) is 0 Å². The number of ether oxygens (including phenoxy) is 1. The summed E-state index contributed by atoms with van der Waals surface area (Å²) in [6, 6.07) is 0.538. The Bertz CT molecular complexity index is 256. The van der Waals surface area contributed by atoms with Crippen molar-refractivity contribution in [2.75, 3.05) is 7.11 Å². The van der Waals surface area contributed by atoms with Gasteiger partial charge in [-0.3, -0.25) is 4.79 Å². The third kappa shape index (κ3) is 5.36. The zero-order chi connectivity index (χ0) is 13.5. The first-order valence-corrected chi connectivity index (χ1v) is 7.11. The summed E-state index contributed by atoms with van der Waals surface area (Å²) in [4.78, 5) is 12.0. The van der Waals surface area contributed by atoms with Gasteiger partial charge in [0.05, 0.1) is 6.10 Å². The van der Waals surface area contributed by atoms with Crippen molar-refractivity contribution >= 4 is 5.91 Å². The Kier molecular flexibility index (Phi) is 6.65. The molecule has 4 unspecified atom stereocenters. The van der Waals surface area contributed by atoms with E-state index in [1.807, 2.05) is 13.8 Å². The molecule has 0 aromatic heterocycles. The lowest BCUT2D eigenvalue weighted by molar-refractivity contribution is -0.125. The molecule has 4 heteroatoms. The Morgan fingerprint density at radius 1 is 1.39 bits per heavy atom. The van der Waals surface area contributed by atoms with Crippen LogP contribution in [0.4, 0.5) is 0 Å². The summed E-state index contributed by atoms with van der Waals surface area (Å²) in [6.45, 7) is 4.01. The highest BCUT2D eigenvalue weighted by atomic mass is 16.5. The summed E-state index contributed by atoms with van der Waals surface area (Å²) in [5, 5.41) is 3.13. The lowest BCUT2D eigenvalue weighted by atomic mass is 10.0. The fraction of sp³-hybridized carbons (Fsp3) is 0.929. The van der Waals surface area contributed by atoms with Crippen LogP contribution in [0.15, 0.2) is 0 Å². The molecule has 18 heavy (non-hydrogen) atoms. The van der Waals surface area contributed by atoms with Gasteiger partial charge in [-0.25, -0.2) is 0 Å². The number of methoxy groups -OCH3 is 1. The Balaban J connectivity index is 2.19. The van der Waals surface area contributed by atoms with E-state index in [1.165, 1.54) is 0 Å². The molecule has 0 aromatic carbocycles. The first-order chi connectivity index (χ1) is 8.52. The lowest BCUT2D eigenvalue weighted by Crippen LogP contribution is -2.37. The molecule has 0 radical (unpaired) electrons. The van der Waals surface area contributed by atoms with Gasteiger partial charge in [-0.2, -0.15) is 0 Å². The van der Waals surface area contributed by atoms with Crippen molar-refractivity contribution in [3.8, 4) is 0 Å². The van der Waals surface area contributed by atoms with E-state index in [0.717, 1.165) is 38.5 Å². The van der Waals surface area contributed by atoms with Crippen LogP contribution in [-0.4, -0.2) is 31.2 Å². The number of hydrogen-bond donors (Lipinski definition) is 2. The van der Waals surface area contributed by atoms with Crippen molar-refractivity contribution in [3.05, 3.63) is 0 Å². The summed E-state index contributed by atoms with van der Waals surface area (Å²) < 4.78 is 5.31. The minimum Gasteiger partial charge on any atom is -0.381 e. The maximum Gasteiger partial charge on any atom is 0.223 e. The van der Waals surface area contributed by atoms with Gasteiger partial charge in [-0.1, -0.05) is 13.3 Å². The van der Waals surface area contributed by atoms with Crippen LogP contribution in [0.2, 0.25) is 0 Å². The molecule has 4 nitrogen and oxygen atoms in total. The van der Waals surface area contributed by atoms with Crippen molar-refractivity contribution in [1.82, 2.24) is 5.32 Å². The van der Waals surface area contributed by atoms with Gasteiger partial charge in [0.25, 0.3) is 0 Å². The quantitative estimate of drug-likeness (QED) is 0.730. The minimum absolute atomic E-state index is 0.0883. The zero-order valence-corrected chi connectivity index (χ0v) is 11.9. The molecule has 1 saturated carbocycles. The number of carbonyl (C=O) groups is 1. The molecule has 1 aliphatic rings. The summed E-state index contributed by atoms with van der Waals surface area (Å²) >= 11 is 0. The third-order valence-corrected chi connectivity index (χ3v) is 3.81. The van der Waals surface area contributed by atoms with E-state index in [1.54, 1.807) is 7.11 Å². The highest BCUT2D eigenvalue weighted by Crippen LogP contribution is 2.22. The summed E-state index contributed by atoms with van der Waals surface area (Å²) in [6.07, 6.45) is 6.31. The van der Waals surface area contributed by atoms with Crippen molar-refractivity contribution in [2.24, 2.45) is 11.7 Å². The average Bonchev–Trinajstić information content (AvgIpc) is 2.76. The van der Waals surface area contributed by atoms with E-state index in [2.05, 4.69) is 5.32 Å². The van der Waals surface area contributed by atoms with Crippen molar-refractivity contribution in [1.29, 1.82) is 0 Å². The second-order valence-corrected chi connectivity index (χ2v) is 5.69. The van der Waals surface area contributed by atoms with E-state index in [-0.39, 0.29) is 17.9 Å². The predicted octanol–water partition coefficient (Wildman–Crippen LogP) is 1.82. The van der Waals surface area contributed by atoms with Crippen LogP contribution in [0.5, 0.6) is 0 Å². The highest BCUT2D eigenvalue weighted by molar-refractivity contribution is 5.78. The van der Waals surface area contributed by atoms with Gasteiger partial charge in [-0.15, -0.1) is 0 Å². The summed E-state index contributed by atoms with van der Waals surface area (Å²) in [5.74, 6) is 0.270. The van der Waals surface area contributed by atoms with E-state index in [4.69, 9.17) is 10.5 Å². The molecule has 1 aliphatic carbocycles. The van der Waals surface area contributed by atoms with E-state index < -0.39 is 0 Å². The largest absolute Gasteiger partial charge is 0.381 e. The summed E-state index contributed by atoms with van der Waals surface area (Å²) in [5.41, 5.74) is 5.70. The molecule has 0 saturated heterocycles. The molecule has 0 bridgehead atoms. The maximum absolute atomic E-state index is 12.0. The minimum atomic E-state index is 0.0883. The number of amides is 1. The number of carbonyl (C=O) groups excluding carboxylic acids is 1. The zero-order valence-electron chi connectivity index (χ0n) is 11.9. The monoisotopic (exact) mass is 256 g/mol. The van der Waals surface area contributed by atoms with Gasteiger partial charge >= 0.3 is 0 Å². The van der Waals surface area contributed by atoms with Crippen LogP contribution < -0.4 is 11.1 Å². The Morgan fingerprint density at radius 3 is 2.67 bits per heavy atom. The van der Waals surface area contributed by atoms with Gasteiger partial charge < -0.3 is 15.8 Å². The van der Waals surface area contributed by atoms with Crippen LogP contribution in [0, 0.1) is 5.92 Å². The van der Waals surface area contributed by atoms with Crippen LogP contribution in [-0.2, 0) is 9.53 Å². The molecule has 0 aromatic rings. The van der Waals surface area contributed by atoms with Crippen LogP contribution in [0.25, 0.3) is 0 Å². The lowest BCUT2D eigenvalue weighted by Gasteiger charge is -2.17.